The largest absolute Gasteiger partial charge is 0.494 e. The fourth-order valence-corrected chi connectivity index (χ4v) is 6.57. The van der Waals surface area contributed by atoms with E-state index >= 15 is 8.78 Å². The molecule has 2 aliphatic rings. The van der Waals surface area contributed by atoms with Crippen LogP contribution in [0.2, 0.25) is 0 Å². The molecule has 0 radical (unpaired) electrons. The van der Waals surface area contributed by atoms with Crippen molar-refractivity contribution in [1.82, 2.24) is 9.62 Å². The van der Waals surface area contributed by atoms with E-state index < -0.39 is 33.5 Å². The lowest BCUT2D eigenvalue weighted by Crippen LogP contribution is -2.60. The number of piperidine rings is 1. The topological polar surface area (TPSA) is 102 Å². The highest BCUT2D eigenvalue weighted by Crippen LogP contribution is 2.40. The Kier molecular flexibility index (Phi) is 8.57. The molecule has 11 heteroatoms. The number of nitrogens with two attached hydrogens (primary N) is 1. The van der Waals surface area contributed by atoms with Crippen LogP contribution in [0.5, 0.6) is 5.75 Å². The van der Waals surface area contributed by atoms with Crippen LogP contribution in [0.25, 0.3) is 0 Å². The molecule has 0 aliphatic carbocycles. The molecule has 2 aliphatic heterocycles. The number of nitrogens with one attached hydrogen (secondary N) is 1. The maximum atomic E-state index is 16.0. The number of hydrogen-bond donors (Lipinski definition) is 2. The first-order valence-corrected chi connectivity index (χ1v) is 14.8. The van der Waals surface area contributed by atoms with Gasteiger partial charge in [-0.25, -0.2) is 8.42 Å². The molecule has 2 aromatic carbocycles. The summed E-state index contributed by atoms with van der Waals surface area (Å²) in [6, 6.07) is 7.74. The first-order valence-electron chi connectivity index (χ1n) is 12.5. The third kappa shape index (κ3) is 6.16. The van der Waals surface area contributed by atoms with Crippen LogP contribution in [0.3, 0.4) is 0 Å². The van der Waals surface area contributed by atoms with E-state index in [0.29, 0.717) is 42.5 Å². The average molecular weight is 601 g/mol. The summed E-state index contributed by atoms with van der Waals surface area (Å²) in [6.45, 7) is 2.51. The Morgan fingerprint density at radius 2 is 1.73 bits per heavy atom. The van der Waals surface area contributed by atoms with Gasteiger partial charge in [-0.2, -0.15) is 13.5 Å². The molecule has 2 aromatic rings. The van der Waals surface area contributed by atoms with Crippen LogP contribution in [0.4, 0.5) is 8.78 Å². The van der Waals surface area contributed by atoms with Gasteiger partial charge in [-0.1, -0.05) is 41.4 Å². The quantitative estimate of drug-likeness (QED) is 0.390. The van der Waals surface area contributed by atoms with E-state index in [1.54, 1.807) is 0 Å². The number of unbranched alkanes of at least 4 members (excludes halogenated alkanes) is 1. The first-order chi connectivity index (χ1) is 17.5. The van der Waals surface area contributed by atoms with Crippen molar-refractivity contribution in [2.24, 2.45) is 5.73 Å². The highest BCUT2D eigenvalue weighted by atomic mass is 79.9. The summed E-state index contributed by atoms with van der Waals surface area (Å²) in [5, 5.41) is 0. The number of benzene rings is 2. The second kappa shape index (κ2) is 11.3. The van der Waals surface area contributed by atoms with Crippen LogP contribution >= 0.6 is 15.9 Å². The zero-order valence-corrected chi connectivity index (χ0v) is 23.0. The normalized spacial score (nSPS) is 22.6. The summed E-state index contributed by atoms with van der Waals surface area (Å²) in [7, 11) is -4.48. The number of hydrogen-bond acceptors (Lipinski definition) is 5. The van der Waals surface area contributed by atoms with Crippen LogP contribution in [-0.2, 0) is 20.7 Å². The minimum absolute atomic E-state index is 0.110. The van der Waals surface area contributed by atoms with Crippen molar-refractivity contribution in [3.63, 3.8) is 0 Å². The predicted octanol–water partition coefficient (Wildman–Crippen LogP) is 4.55. The summed E-state index contributed by atoms with van der Waals surface area (Å²) in [5.41, 5.74) is 5.64. The standard InChI is InChI=1S/C26H32BrF2N3O4S/c1-2-3-14-36-22-10-12-23(13-11-22)37(34,35)31-24(26(28,29)17-4-6-18(27)7-5-17)25(33)32-20-8-9-21(32)16-19(30)15-20/h4-7,10-13,19-21,24,31H,2-3,8-9,14-16,30H2,1H3/t19?,20?,21?,24-/m1/s1. The van der Waals surface area contributed by atoms with E-state index in [1.165, 1.54) is 53.4 Å². The molecule has 0 spiro atoms. The van der Waals surface area contributed by atoms with Crippen molar-refractivity contribution in [2.45, 2.75) is 80.4 Å². The van der Waals surface area contributed by atoms with Gasteiger partial charge in [0.25, 0.3) is 5.92 Å². The van der Waals surface area contributed by atoms with E-state index in [-0.39, 0.29) is 23.0 Å². The molecule has 2 unspecified atom stereocenters. The second-order valence-electron chi connectivity index (χ2n) is 9.72. The second-order valence-corrected chi connectivity index (χ2v) is 12.3. The van der Waals surface area contributed by atoms with Crippen molar-refractivity contribution in [1.29, 1.82) is 0 Å². The Morgan fingerprint density at radius 1 is 1.14 bits per heavy atom. The molecule has 2 saturated heterocycles. The van der Waals surface area contributed by atoms with Gasteiger partial charge < -0.3 is 15.4 Å². The fourth-order valence-electron chi connectivity index (χ4n) is 5.12. The van der Waals surface area contributed by atoms with E-state index in [0.717, 1.165) is 12.8 Å². The zero-order valence-electron chi connectivity index (χ0n) is 20.6. The molecule has 2 fully saturated rings. The highest BCUT2D eigenvalue weighted by Gasteiger charge is 2.53. The number of amides is 1. The average Bonchev–Trinajstić information content (AvgIpc) is 3.13. The molecule has 3 atom stereocenters. The number of sulfonamides is 1. The minimum Gasteiger partial charge on any atom is -0.494 e. The lowest BCUT2D eigenvalue weighted by atomic mass is 9.95. The summed E-state index contributed by atoms with van der Waals surface area (Å²) in [4.78, 5) is 14.9. The van der Waals surface area contributed by atoms with Crippen LogP contribution in [-0.4, -0.2) is 50.0 Å². The molecule has 37 heavy (non-hydrogen) atoms. The van der Waals surface area contributed by atoms with Crippen molar-refractivity contribution < 1.29 is 26.7 Å². The van der Waals surface area contributed by atoms with E-state index in [2.05, 4.69) is 20.7 Å². The smallest absolute Gasteiger partial charge is 0.298 e. The fraction of sp³-hybridized carbons (Fsp3) is 0.500. The molecule has 4 rings (SSSR count). The van der Waals surface area contributed by atoms with Gasteiger partial charge in [0.15, 0.2) is 6.04 Å². The molecule has 0 saturated carbocycles. The number of fused-ring (bicyclic) bond motifs is 2. The van der Waals surface area contributed by atoms with Gasteiger partial charge in [0.05, 0.1) is 11.5 Å². The third-order valence-corrected chi connectivity index (χ3v) is 9.00. The van der Waals surface area contributed by atoms with Gasteiger partial charge in [0.2, 0.25) is 15.9 Å². The van der Waals surface area contributed by atoms with Crippen LogP contribution in [0.1, 0.15) is 51.0 Å². The minimum atomic E-state index is -4.48. The lowest BCUT2D eigenvalue weighted by molar-refractivity contribution is -0.149. The Bertz CT molecular complexity index is 1180. The van der Waals surface area contributed by atoms with Gasteiger partial charge in [-0.15, -0.1) is 0 Å². The van der Waals surface area contributed by atoms with Crippen molar-refractivity contribution >= 4 is 31.9 Å². The SMILES string of the molecule is CCCCOc1ccc(S(=O)(=O)N[C@H](C(=O)N2C3CCC2CC(N)C3)C(F)(F)c2ccc(Br)cc2)cc1. The van der Waals surface area contributed by atoms with E-state index in [9.17, 15) is 13.2 Å². The third-order valence-electron chi connectivity index (χ3n) is 7.04. The Labute approximate surface area is 224 Å². The number of carbonyl (C=O) groups excluding carboxylic acids is 1. The predicted molar refractivity (Wildman–Crippen MR) is 140 cm³/mol. The summed E-state index contributed by atoms with van der Waals surface area (Å²) in [5.74, 6) is -4.27. The molecule has 0 aromatic heterocycles. The van der Waals surface area contributed by atoms with Crippen LogP contribution in [0.15, 0.2) is 57.9 Å². The van der Waals surface area contributed by atoms with Gasteiger partial charge in [0.1, 0.15) is 5.75 Å². The maximum Gasteiger partial charge on any atom is 0.298 e. The molecular formula is C26H32BrF2N3O4S. The number of alkyl halides is 2. The highest BCUT2D eigenvalue weighted by molar-refractivity contribution is 9.10. The summed E-state index contributed by atoms with van der Waals surface area (Å²) in [6.07, 6.45) is 4.12. The van der Waals surface area contributed by atoms with Crippen molar-refractivity contribution in [3.05, 3.63) is 58.6 Å². The number of nitrogens with zero attached hydrogens (tertiary/aromatic N) is 1. The zero-order chi connectivity index (χ0) is 26.8. The maximum absolute atomic E-state index is 16.0. The first kappa shape index (κ1) is 27.9. The van der Waals surface area contributed by atoms with Crippen molar-refractivity contribution in [2.75, 3.05) is 6.61 Å². The van der Waals surface area contributed by atoms with E-state index in [1.807, 2.05) is 6.92 Å². The van der Waals surface area contributed by atoms with Crippen LogP contribution < -0.4 is 15.2 Å². The Hall–Kier alpha value is -2.08. The van der Waals surface area contributed by atoms with E-state index in [4.69, 9.17) is 10.5 Å². The lowest BCUT2D eigenvalue weighted by Gasteiger charge is -2.41. The molecule has 7 nitrogen and oxygen atoms in total. The van der Waals surface area contributed by atoms with Gasteiger partial charge in [-0.05, 0) is 68.5 Å². The Morgan fingerprint density at radius 3 is 2.30 bits per heavy atom. The molecule has 202 valence electrons. The van der Waals surface area contributed by atoms with Gasteiger partial charge in [-0.3, -0.25) is 4.79 Å². The number of ether oxygens (including phenoxy) is 1. The summed E-state index contributed by atoms with van der Waals surface area (Å²) < 4.78 is 66.7. The van der Waals surface area contributed by atoms with Crippen molar-refractivity contribution in [3.8, 4) is 5.75 Å². The number of carbonyl (C=O) groups is 1. The number of halogens is 3. The summed E-state index contributed by atoms with van der Waals surface area (Å²) >= 11 is 3.22. The number of rotatable bonds is 10. The van der Waals surface area contributed by atoms with Gasteiger partial charge >= 0.3 is 0 Å². The molecule has 2 heterocycles. The van der Waals surface area contributed by atoms with Crippen LogP contribution in [0, 0.1) is 0 Å². The molecule has 1 amide bonds. The molecule has 3 N–H and O–H groups in total. The Balaban J connectivity index is 1.64. The molecular weight excluding hydrogens is 568 g/mol. The monoisotopic (exact) mass is 599 g/mol. The molecule has 2 bridgehead atoms. The van der Waals surface area contributed by atoms with Gasteiger partial charge in [0, 0.05) is 28.2 Å².